The van der Waals surface area contributed by atoms with Gasteiger partial charge in [-0.15, -0.1) is 0 Å². The van der Waals surface area contributed by atoms with Gasteiger partial charge in [-0.1, -0.05) is 24.3 Å². The number of ether oxygens (including phenoxy) is 1. The Balaban J connectivity index is 1.63. The van der Waals surface area contributed by atoms with E-state index in [1.165, 1.54) is 0 Å². The molecule has 4 aromatic rings. The van der Waals surface area contributed by atoms with Crippen LogP contribution in [0.1, 0.15) is 44.7 Å². The molecule has 2 aromatic carbocycles. The van der Waals surface area contributed by atoms with E-state index in [9.17, 15) is 14.4 Å². The number of amides is 2. The van der Waals surface area contributed by atoms with Gasteiger partial charge in [0.1, 0.15) is 5.82 Å². The number of carbonyl (C=O) groups excluding carboxylic acids is 3. The van der Waals surface area contributed by atoms with Crippen LogP contribution < -0.4 is 4.90 Å². The van der Waals surface area contributed by atoms with Crippen molar-refractivity contribution in [2.45, 2.75) is 13.8 Å². The zero-order valence-corrected chi connectivity index (χ0v) is 18.7. The minimum Gasteiger partial charge on any atom is -0.462 e. The summed E-state index contributed by atoms with van der Waals surface area (Å²) in [6, 6.07) is 19.0. The van der Waals surface area contributed by atoms with Crippen molar-refractivity contribution in [3.05, 3.63) is 101 Å². The SMILES string of the molecule is CCOC(=O)c1ccc(N2C(=O)/C(=C\c3nc(C)n4ccccc34)c3ccccc3C2=O)cc1. The van der Waals surface area contributed by atoms with Gasteiger partial charge in [0, 0.05) is 17.3 Å². The molecule has 34 heavy (non-hydrogen) atoms. The number of aryl methyl sites for hydroxylation is 1. The van der Waals surface area contributed by atoms with Gasteiger partial charge in [-0.05, 0) is 62.4 Å². The van der Waals surface area contributed by atoms with Crippen LogP contribution in [-0.4, -0.2) is 33.8 Å². The Kier molecular flexibility index (Phi) is 5.30. The summed E-state index contributed by atoms with van der Waals surface area (Å²) in [6.45, 7) is 3.89. The van der Waals surface area contributed by atoms with Crippen molar-refractivity contribution in [3.8, 4) is 0 Å². The Morgan fingerprint density at radius 2 is 1.65 bits per heavy atom. The number of rotatable bonds is 4. The van der Waals surface area contributed by atoms with Crippen molar-refractivity contribution in [1.82, 2.24) is 9.38 Å². The molecule has 168 valence electrons. The van der Waals surface area contributed by atoms with Gasteiger partial charge in [-0.2, -0.15) is 0 Å². The fraction of sp³-hybridized carbons (Fsp3) is 0.111. The average Bonchev–Trinajstić information content (AvgIpc) is 3.18. The van der Waals surface area contributed by atoms with Gasteiger partial charge in [0.25, 0.3) is 11.8 Å². The molecule has 3 heterocycles. The smallest absolute Gasteiger partial charge is 0.338 e. The number of fused-ring (bicyclic) bond motifs is 2. The molecule has 0 unspecified atom stereocenters. The van der Waals surface area contributed by atoms with E-state index in [4.69, 9.17) is 4.74 Å². The van der Waals surface area contributed by atoms with Gasteiger partial charge in [-0.25, -0.2) is 14.7 Å². The minimum absolute atomic E-state index is 0.261. The fourth-order valence-corrected chi connectivity index (χ4v) is 4.15. The molecule has 2 aromatic heterocycles. The second kappa shape index (κ2) is 8.44. The maximum atomic E-state index is 13.7. The maximum absolute atomic E-state index is 13.7. The molecule has 1 aliphatic rings. The van der Waals surface area contributed by atoms with Crippen LogP contribution in [0, 0.1) is 6.92 Å². The molecule has 0 bridgehead atoms. The lowest BCUT2D eigenvalue weighted by Crippen LogP contribution is -2.41. The van der Waals surface area contributed by atoms with Crippen LogP contribution in [0.25, 0.3) is 17.2 Å². The highest BCUT2D eigenvalue weighted by atomic mass is 16.5. The fourth-order valence-electron chi connectivity index (χ4n) is 4.15. The standard InChI is InChI=1S/C27H21N3O4/c1-3-34-27(33)18-11-13-19(14-12-18)30-25(31)21-9-5-4-8-20(21)22(26(30)32)16-23-24-10-6-7-15-29(24)17(2)28-23/h4-16H,3H2,1-2H3/b22-16-. The molecule has 0 fully saturated rings. The molecular weight excluding hydrogens is 430 g/mol. The molecule has 0 aliphatic carbocycles. The first-order valence-electron chi connectivity index (χ1n) is 10.9. The average molecular weight is 451 g/mol. The molecule has 0 N–H and O–H groups in total. The first-order valence-corrected chi connectivity index (χ1v) is 10.9. The number of esters is 1. The number of aromatic nitrogens is 2. The molecule has 0 spiro atoms. The summed E-state index contributed by atoms with van der Waals surface area (Å²) in [5, 5.41) is 0. The van der Waals surface area contributed by atoms with E-state index >= 15 is 0 Å². The van der Waals surface area contributed by atoms with Gasteiger partial charge in [0.2, 0.25) is 0 Å². The summed E-state index contributed by atoms with van der Waals surface area (Å²) >= 11 is 0. The highest BCUT2D eigenvalue weighted by Crippen LogP contribution is 2.34. The largest absolute Gasteiger partial charge is 0.462 e. The van der Waals surface area contributed by atoms with E-state index in [0.29, 0.717) is 33.6 Å². The number of carbonyl (C=O) groups is 3. The number of imide groups is 1. The second-order valence-electron chi connectivity index (χ2n) is 7.82. The number of benzene rings is 2. The lowest BCUT2D eigenvalue weighted by atomic mass is 9.92. The molecule has 1 aliphatic heterocycles. The Labute approximate surface area is 195 Å². The molecule has 0 saturated heterocycles. The van der Waals surface area contributed by atoms with Crippen LogP contribution in [0.5, 0.6) is 0 Å². The van der Waals surface area contributed by atoms with E-state index in [1.807, 2.05) is 35.7 Å². The first kappa shape index (κ1) is 21.3. The van der Waals surface area contributed by atoms with Crippen LogP contribution in [-0.2, 0) is 9.53 Å². The third kappa shape index (κ3) is 3.47. The molecule has 2 amide bonds. The molecule has 0 saturated carbocycles. The summed E-state index contributed by atoms with van der Waals surface area (Å²) in [6.07, 6.45) is 3.65. The molecule has 0 radical (unpaired) electrons. The molecule has 7 nitrogen and oxygen atoms in total. The van der Waals surface area contributed by atoms with Crippen LogP contribution in [0.2, 0.25) is 0 Å². The number of pyridine rings is 1. The van der Waals surface area contributed by atoms with Crippen molar-refractivity contribution < 1.29 is 19.1 Å². The van der Waals surface area contributed by atoms with E-state index in [-0.39, 0.29) is 6.61 Å². The van der Waals surface area contributed by atoms with Crippen molar-refractivity contribution in [3.63, 3.8) is 0 Å². The monoisotopic (exact) mass is 451 g/mol. The Morgan fingerprint density at radius 3 is 2.38 bits per heavy atom. The van der Waals surface area contributed by atoms with Gasteiger partial charge < -0.3 is 9.14 Å². The summed E-state index contributed by atoms with van der Waals surface area (Å²) in [7, 11) is 0. The third-order valence-electron chi connectivity index (χ3n) is 5.76. The van der Waals surface area contributed by atoms with Gasteiger partial charge >= 0.3 is 5.97 Å². The predicted molar refractivity (Wildman–Crippen MR) is 128 cm³/mol. The van der Waals surface area contributed by atoms with E-state index in [1.54, 1.807) is 61.5 Å². The second-order valence-corrected chi connectivity index (χ2v) is 7.82. The normalized spacial score (nSPS) is 14.5. The van der Waals surface area contributed by atoms with Gasteiger partial charge in [0.05, 0.1) is 34.6 Å². The van der Waals surface area contributed by atoms with Crippen LogP contribution in [0.3, 0.4) is 0 Å². The van der Waals surface area contributed by atoms with Crippen LogP contribution >= 0.6 is 0 Å². The van der Waals surface area contributed by atoms with Crippen LogP contribution in [0.4, 0.5) is 5.69 Å². The maximum Gasteiger partial charge on any atom is 0.338 e. The minimum atomic E-state index is -0.460. The number of hydrogen-bond donors (Lipinski definition) is 0. The quantitative estimate of drug-likeness (QED) is 0.258. The van der Waals surface area contributed by atoms with E-state index < -0.39 is 17.8 Å². The highest BCUT2D eigenvalue weighted by Gasteiger charge is 2.36. The highest BCUT2D eigenvalue weighted by molar-refractivity contribution is 6.43. The van der Waals surface area contributed by atoms with Crippen LogP contribution in [0.15, 0.2) is 72.9 Å². The third-order valence-corrected chi connectivity index (χ3v) is 5.76. The molecule has 0 atom stereocenters. The first-order chi connectivity index (χ1) is 16.5. The van der Waals surface area contributed by atoms with Gasteiger partial charge in [-0.3, -0.25) is 9.59 Å². The lowest BCUT2D eigenvalue weighted by molar-refractivity contribution is -0.112. The Bertz CT molecular complexity index is 1480. The zero-order valence-electron chi connectivity index (χ0n) is 18.7. The summed E-state index contributed by atoms with van der Waals surface area (Å²) in [5.41, 5.74) is 3.57. The molecule has 7 heteroatoms. The van der Waals surface area contributed by atoms with E-state index in [2.05, 4.69) is 4.98 Å². The lowest BCUT2D eigenvalue weighted by Gasteiger charge is -2.28. The number of anilines is 1. The van der Waals surface area contributed by atoms with E-state index in [0.717, 1.165) is 16.2 Å². The topological polar surface area (TPSA) is 81.0 Å². The Morgan fingerprint density at radius 1 is 0.941 bits per heavy atom. The van der Waals surface area contributed by atoms with Crippen molar-refractivity contribution in [2.75, 3.05) is 11.5 Å². The summed E-state index contributed by atoms with van der Waals surface area (Å²) in [5.74, 6) is -0.547. The van der Waals surface area contributed by atoms with Crippen molar-refractivity contribution in [2.24, 2.45) is 0 Å². The molecule has 5 rings (SSSR count). The van der Waals surface area contributed by atoms with Gasteiger partial charge in [0.15, 0.2) is 0 Å². The molecular formula is C27H21N3O4. The van der Waals surface area contributed by atoms with Crippen molar-refractivity contribution >= 4 is 40.6 Å². The summed E-state index contributed by atoms with van der Waals surface area (Å²) < 4.78 is 6.97. The predicted octanol–water partition coefficient (Wildman–Crippen LogP) is 4.55. The number of nitrogens with zero attached hydrogens (tertiary/aromatic N) is 3. The van der Waals surface area contributed by atoms with Crippen molar-refractivity contribution in [1.29, 1.82) is 0 Å². The number of imidazole rings is 1. The number of hydrogen-bond acceptors (Lipinski definition) is 5. The Hall–Kier alpha value is -4.52. The summed E-state index contributed by atoms with van der Waals surface area (Å²) in [4.78, 5) is 44.8. The zero-order chi connectivity index (χ0) is 23.8.